The van der Waals surface area contributed by atoms with Crippen molar-refractivity contribution in [1.29, 1.82) is 0 Å². The lowest BCUT2D eigenvalue weighted by molar-refractivity contribution is 0.0946. The lowest BCUT2D eigenvalue weighted by atomic mass is 10.1. The maximum Gasteiger partial charge on any atom is 0.251 e. The van der Waals surface area contributed by atoms with Gasteiger partial charge in [0.15, 0.2) is 0 Å². The first-order valence-electron chi connectivity index (χ1n) is 6.03. The zero-order chi connectivity index (χ0) is 12.6. The zero-order valence-electron chi connectivity index (χ0n) is 10.9. The van der Waals surface area contributed by atoms with Gasteiger partial charge < -0.3 is 10.6 Å². The summed E-state index contributed by atoms with van der Waals surface area (Å²) in [5.74, 6) is 0.0423. The van der Waals surface area contributed by atoms with E-state index in [1.165, 1.54) is 0 Å². The molecule has 3 nitrogen and oxygen atoms in total. The molecule has 17 heavy (non-hydrogen) atoms. The molecule has 1 aromatic carbocycles. The first-order valence-corrected chi connectivity index (χ1v) is 6.03. The van der Waals surface area contributed by atoms with Crippen LogP contribution >= 0.6 is 0 Å². The largest absolute Gasteiger partial charge is 0.388 e. The number of carbonyl (C=O) groups is 1. The summed E-state index contributed by atoms with van der Waals surface area (Å²) in [5.41, 5.74) is 3.08. The first kappa shape index (κ1) is 12.0. The third-order valence-corrected chi connectivity index (χ3v) is 3.58. The standard InChI is InChI=1S/C14H20N2O/c1-9-7-10(15-4)5-6-11(9)13(17)16-12-8-14(12,2)3/h5-7,12,15H,8H2,1-4H3,(H,16,17). The highest BCUT2D eigenvalue weighted by molar-refractivity contribution is 5.96. The summed E-state index contributed by atoms with van der Waals surface area (Å²) in [4.78, 5) is 12.1. The molecular formula is C14H20N2O. The lowest BCUT2D eigenvalue weighted by Crippen LogP contribution is -2.28. The Labute approximate surface area is 103 Å². The Morgan fingerprint density at radius 3 is 2.53 bits per heavy atom. The minimum atomic E-state index is 0.0423. The first-order chi connectivity index (χ1) is 7.94. The van der Waals surface area contributed by atoms with Crippen molar-refractivity contribution in [2.45, 2.75) is 33.2 Å². The van der Waals surface area contributed by atoms with Gasteiger partial charge in [-0.25, -0.2) is 0 Å². The second-order valence-electron chi connectivity index (χ2n) is 5.50. The van der Waals surface area contributed by atoms with Gasteiger partial charge >= 0.3 is 0 Å². The molecule has 2 rings (SSSR count). The van der Waals surface area contributed by atoms with E-state index < -0.39 is 0 Å². The van der Waals surface area contributed by atoms with Crippen molar-refractivity contribution < 1.29 is 4.79 Å². The van der Waals surface area contributed by atoms with Gasteiger partial charge in [0.25, 0.3) is 5.91 Å². The normalized spacial score (nSPS) is 20.8. The molecule has 0 aromatic heterocycles. The summed E-state index contributed by atoms with van der Waals surface area (Å²) in [6, 6.07) is 6.14. The summed E-state index contributed by atoms with van der Waals surface area (Å²) >= 11 is 0. The lowest BCUT2D eigenvalue weighted by Gasteiger charge is -2.10. The Morgan fingerprint density at radius 1 is 1.41 bits per heavy atom. The van der Waals surface area contributed by atoms with E-state index >= 15 is 0 Å². The number of amides is 1. The number of aryl methyl sites for hydroxylation is 1. The highest BCUT2D eigenvalue weighted by Gasteiger charge is 2.46. The van der Waals surface area contributed by atoms with Gasteiger partial charge in [-0.3, -0.25) is 4.79 Å². The smallest absolute Gasteiger partial charge is 0.251 e. The minimum Gasteiger partial charge on any atom is -0.388 e. The number of benzene rings is 1. The van der Waals surface area contributed by atoms with Gasteiger partial charge in [0, 0.05) is 24.3 Å². The van der Waals surface area contributed by atoms with Gasteiger partial charge in [-0.15, -0.1) is 0 Å². The van der Waals surface area contributed by atoms with Gasteiger partial charge in [0.05, 0.1) is 0 Å². The highest BCUT2D eigenvalue weighted by Crippen LogP contribution is 2.44. The van der Waals surface area contributed by atoms with Crippen LogP contribution in [-0.2, 0) is 0 Å². The summed E-state index contributed by atoms with van der Waals surface area (Å²) in [6.07, 6.45) is 1.08. The van der Waals surface area contributed by atoms with Crippen LogP contribution in [0.2, 0.25) is 0 Å². The third-order valence-electron chi connectivity index (χ3n) is 3.58. The average Bonchev–Trinajstić information content (AvgIpc) is 2.85. The molecule has 1 unspecified atom stereocenters. The van der Waals surface area contributed by atoms with Crippen LogP contribution in [0.3, 0.4) is 0 Å². The van der Waals surface area contributed by atoms with E-state index in [4.69, 9.17) is 0 Å². The maximum atomic E-state index is 12.1. The number of nitrogens with one attached hydrogen (secondary N) is 2. The van der Waals surface area contributed by atoms with Crippen LogP contribution < -0.4 is 10.6 Å². The Balaban J connectivity index is 2.09. The fourth-order valence-electron chi connectivity index (χ4n) is 2.02. The summed E-state index contributed by atoms with van der Waals surface area (Å²) in [6.45, 7) is 6.32. The molecule has 1 amide bonds. The molecule has 0 heterocycles. The quantitative estimate of drug-likeness (QED) is 0.841. The predicted octanol–water partition coefficient (Wildman–Crippen LogP) is 2.57. The Hall–Kier alpha value is -1.51. The molecule has 1 aliphatic carbocycles. The van der Waals surface area contributed by atoms with Gasteiger partial charge in [-0.05, 0) is 42.5 Å². The molecule has 0 spiro atoms. The third kappa shape index (κ3) is 2.43. The van der Waals surface area contributed by atoms with Crippen molar-refractivity contribution in [2.75, 3.05) is 12.4 Å². The van der Waals surface area contributed by atoms with E-state index in [0.717, 1.165) is 23.2 Å². The van der Waals surface area contributed by atoms with Gasteiger partial charge in [0.1, 0.15) is 0 Å². The van der Waals surface area contributed by atoms with Crippen molar-refractivity contribution in [3.63, 3.8) is 0 Å². The molecule has 92 valence electrons. The molecular weight excluding hydrogens is 212 g/mol. The molecule has 1 saturated carbocycles. The van der Waals surface area contributed by atoms with Crippen LogP contribution in [0.5, 0.6) is 0 Å². The minimum absolute atomic E-state index is 0.0423. The van der Waals surface area contributed by atoms with Crippen molar-refractivity contribution in [3.05, 3.63) is 29.3 Å². The molecule has 3 heteroatoms. The van der Waals surface area contributed by atoms with Crippen molar-refractivity contribution in [1.82, 2.24) is 5.32 Å². The molecule has 0 saturated heterocycles. The van der Waals surface area contributed by atoms with Crippen LogP contribution in [0.1, 0.15) is 36.2 Å². The van der Waals surface area contributed by atoms with Crippen LogP contribution in [0, 0.1) is 12.3 Å². The molecule has 2 N–H and O–H groups in total. The zero-order valence-corrected chi connectivity index (χ0v) is 10.9. The van der Waals surface area contributed by atoms with Crippen LogP contribution in [0.4, 0.5) is 5.69 Å². The van der Waals surface area contributed by atoms with Gasteiger partial charge in [-0.1, -0.05) is 13.8 Å². The Morgan fingerprint density at radius 2 is 2.06 bits per heavy atom. The number of hydrogen-bond donors (Lipinski definition) is 2. The molecule has 1 atom stereocenters. The van der Waals surface area contributed by atoms with Gasteiger partial charge in [0.2, 0.25) is 0 Å². The summed E-state index contributed by atoms with van der Waals surface area (Å²) in [7, 11) is 1.88. The second kappa shape index (κ2) is 4.06. The van der Waals surface area contributed by atoms with E-state index in [0.29, 0.717) is 6.04 Å². The number of anilines is 1. The molecule has 0 aliphatic heterocycles. The van der Waals surface area contributed by atoms with E-state index in [-0.39, 0.29) is 11.3 Å². The average molecular weight is 232 g/mol. The van der Waals surface area contributed by atoms with Crippen LogP contribution in [-0.4, -0.2) is 19.0 Å². The summed E-state index contributed by atoms with van der Waals surface area (Å²) < 4.78 is 0. The topological polar surface area (TPSA) is 41.1 Å². The molecule has 0 bridgehead atoms. The summed E-state index contributed by atoms with van der Waals surface area (Å²) in [5, 5.41) is 6.15. The number of carbonyl (C=O) groups excluding carboxylic acids is 1. The van der Waals surface area contributed by atoms with E-state index in [1.807, 2.05) is 32.2 Å². The van der Waals surface area contributed by atoms with Crippen molar-refractivity contribution >= 4 is 11.6 Å². The molecule has 1 aliphatic rings. The van der Waals surface area contributed by atoms with Crippen LogP contribution in [0.25, 0.3) is 0 Å². The number of hydrogen-bond acceptors (Lipinski definition) is 2. The monoisotopic (exact) mass is 232 g/mol. The molecule has 0 radical (unpaired) electrons. The van der Waals surface area contributed by atoms with E-state index in [1.54, 1.807) is 0 Å². The Kier molecular flexibility index (Phi) is 2.86. The van der Waals surface area contributed by atoms with E-state index in [9.17, 15) is 4.79 Å². The maximum absolute atomic E-state index is 12.1. The van der Waals surface area contributed by atoms with Crippen molar-refractivity contribution in [3.8, 4) is 0 Å². The fraction of sp³-hybridized carbons (Fsp3) is 0.500. The van der Waals surface area contributed by atoms with E-state index in [2.05, 4.69) is 24.5 Å². The predicted molar refractivity (Wildman–Crippen MR) is 70.4 cm³/mol. The molecule has 1 fully saturated rings. The fourth-order valence-corrected chi connectivity index (χ4v) is 2.02. The van der Waals surface area contributed by atoms with Crippen LogP contribution in [0.15, 0.2) is 18.2 Å². The SMILES string of the molecule is CNc1ccc(C(=O)NC2CC2(C)C)c(C)c1. The van der Waals surface area contributed by atoms with Gasteiger partial charge in [-0.2, -0.15) is 0 Å². The number of rotatable bonds is 3. The highest BCUT2D eigenvalue weighted by atomic mass is 16.1. The molecule has 1 aromatic rings. The Bertz CT molecular complexity index is 452. The second-order valence-corrected chi connectivity index (χ2v) is 5.50. The van der Waals surface area contributed by atoms with Crippen molar-refractivity contribution in [2.24, 2.45) is 5.41 Å².